The molecule has 0 radical (unpaired) electrons. The number of carbonyl (C=O) groups excluding carboxylic acids is 1. The predicted molar refractivity (Wildman–Crippen MR) is 104 cm³/mol. The average Bonchev–Trinajstić information content (AvgIpc) is 3.06. The summed E-state index contributed by atoms with van der Waals surface area (Å²) < 4.78 is 54.7. The van der Waals surface area contributed by atoms with E-state index >= 15 is 0 Å². The Hall–Kier alpha value is -2.34. The van der Waals surface area contributed by atoms with Gasteiger partial charge in [0.25, 0.3) is 5.91 Å². The van der Waals surface area contributed by atoms with Gasteiger partial charge in [0.05, 0.1) is 38.1 Å². The van der Waals surface area contributed by atoms with Crippen molar-refractivity contribution >= 4 is 15.9 Å². The van der Waals surface area contributed by atoms with Crippen molar-refractivity contribution in [3.8, 4) is 0 Å². The van der Waals surface area contributed by atoms with Crippen LogP contribution in [0, 0.1) is 5.82 Å². The van der Waals surface area contributed by atoms with Crippen molar-refractivity contribution < 1.29 is 27.1 Å². The number of nitrogens with zero attached hydrogens (tertiary/aromatic N) is 4. The topological polar surface area (TPSA) is 94.0 Å². The zero-order valence-electron chi connectivity index (χ0n) is 16.5. The second kappa shape index (κ2) is 8.06. The van der Waals surface area contributed by atoms with Crippen LogP contribution in [-0.4, -0.2) is 78.5 Å². The van der Waals surface area contributed by atoms with E-state index in [1.54, 1.807) is 18.1 Å². The Labute approximate surface area is 174 Å². The molecule has 30 heavy (non-hydrogen) atoms. The summed E-state index contributed by atoms with van der Waals surface area (Å²) in [5.74, 6) is -2.36. The Kier molecular flexibility index (Phi) is 5.62. The number of hydrogen-bond donors (Lipinski definition) is 0. The minimum Gasteiger partial charge on any atom is -0.347 e. The minimum absolute atomic E-state index is 0.0595. The van der Waals surface area contributed by atoms with E-state index in [4.69, 9.17) is 9.47 Å². The second-order valence-corrected chi connectivity index (χ2v) is 9.27. The van der Waals surface area contributed by atoms with Crippen molar-refractivity contribution in [3.63, 3.8) is 0 Å². The van der Waals surface area contributed by atoms with Gasteiger partial charge >= 0.3 is 0 Å². The highest BCUT2D eigenvalue weighted by Gasteiger charge is 2.45. The number of aryl methyl sites for hydroxylation is 1. The molecule has 2 saturated heterocycles. The van der Waals surface area contributed by atoms with Gasteiger partial charge in [-0.05, 0) is 18.6 Å². The summed E-state index contributed by atoms with van der Waals surface area (Å²) in [5.41, 5.74) is 0.432. The lowest BCUT2D eigenvalue weighted by Gasteiger charge is -2.42. The largest absolute Gasteiger partial charge is 0.347 e. The molecule has 4 rings (SSSR count). The molecule has 1 spiro atoms. The van der Waals surface area contributed by atoms with Crippen molar-refractivity contribution in [1.29, 1.82) is 0 Å². The molecule has 3 heterocycles. The maximum absolute atomic E-state index is 14.2. The van der Waals surface area contributed by atoms with Gasteiger partial charge < -0.3 is 14.4 Å². The van der Waals surface area contributed by atoms with Crippen LogP contribution >= 0.6 is 0 Å². The maximum Gasteiger partial charge on any atom is 0.257 e. The van der Waals surface area contributed by atoms with Crippen LogP contribution in [0.2, 0.25) is 0 Å². The number of rotatable bonds is 3. The maximum atomic E-state index is 14.2. The van der Waals surface area contributed by atoms with Gasteiger partial charge in [-0.25, -0.2) is 12.8 Å². The van der Waals surface area contributed by atoms with E-state index in [1.165, 1.54) is 29.1 Å². The van der Waals surface area contributed by atoms with Gasteiger partial charge in [-0.2, -0.15) is 9.40 Å². The molecule has 1 amide bonds. The number of hydrogen-bond acceptors (Lipinski definition) is 6. The van der Waals surface area contributed by atoms with Crippen LogP contribution in [0.1, 0.15) is 16.8 Å². The Bertz CT molecular complexity index is 1040. The van der Waals surface area contributed by atoms with Crippen LogP contribution in [0.25, 0.3) is 0 Å². The van der Waals surface area contributed by atoms with Crippen molar-refractivity contribution in [1.82, 2.24) is 19.0 Å². The second-order valence-electron chi connectivity index (χ2n) is 7.36. The Morgan fingerprint density at radius 1 is 1.17 bits per heavy atom. The molecule has 1 atom stereocenters. The van der Waals surface area contributed by atoms with Crippen molar-refractivity contribution in [2.75, 3.05) is 39.4 Å². The lowest BCUT2D eigenvalue weighted by atomic mass is 10.2. The van der Waals surface area contributed by atoms with Gasteiger partial charge in [0.15, 0.2) is 5.79 Å². The van der Waals surface area contributed by atoms with Crippen LogP contribution in [0.5, 0.6) is 0 Å². The lowest BCUT2D eigenvalue weighted by molar-refractivity contribution is -0.255. The van der Waals surface area contributed by atoms with Gasteiger partial charge in [0, 0.05) is 26.3 Å². The molecular formula is C19H23FN4O5S. The van der Waals surface area contributed by atoms with Crippen LogP contribution in [0.4, 0.5) is 4.39 Å². The predicted octanol–water partition coefficient (Wildman–Crippen LogP) is 0.839. The van der Waals surface area contributed by atoms with Gasteiger partial charge in [0.2, 0.25) is 10.0 Å². The molecule has 162 valence electrons. The smallest absolute Gasteiger partial charge is 0.257 e. The zero-order valence-corrected chi connectivity index (χ0v) is 17.3. The number of aromatic nitrogens is 2. The fourth-order valence-corrected chi connectivity index (χ4v) is 5.25. The Morgan fingerprint density at radius 2 is 1.93 bits per heavy atom. The summed E-state index contributed by atoms with van der Waals surface area (Å²) in [4.78, 5) is 14.1. The first-order valence-corrected chi connectivity index (χ1v) is 11.1. The molecule has 2 fully saturated rings. The summed E-state index contributed by atoms with van der Waals surface area (Å²) in [7, 11) is -2.36. The molecule has 1 unspecified atom stereocenters. The van der Waals surface area contributed by atoms with Crippen molar-refractivity contribution in [3.05, 3.63) is 48.0 Å². The average molecular weight is 438 g/mol. The van der Waals surface area contributed by atoms with Crippen LogP contribution in [0.3, 0.4) is 0 Å². The van der Waals surface area contributed by atoms with E-state index in [0.29, 0.717) is 25.1 Å². The zero-order chi connectivity index (χ0) is 21.4. The van der Waals surface area contributed by atoms with Gasteiger partial charge in [-0.3, -0.25) is 9.48 Å². The number of ether oxygens (including phenoxy) is 2. The molecule has 2 aliphatic rings. The van der Waals surface area contributed by atoms with E-state index in [-0.39, 0.29) is 37.0 Å². The molecule has 0 saturated carbocycles. The third-order valence-electron chi connectivity index (χ3n) is 5.19. The fourth-order valence-electron chi connectivity index (χ4n) is 3.72. The lowest BCUT2D eigenvalue weighted by Crippen LogP contribution is -2.59. The summed E-state index contributed by atoms with van der Waals surface area (Å²) >= 11 is 0. The normalized spacial score (nSPS) is 23.5. The van der Waals surface area contributed by atoms with Crippen LogP contribution in [-0.2, 0) is 26.5 Å². The number of benzene rings is 1. The molecule has 1 aromatic heterocycles. The highest BCUT2D eigenvalue weighted by atomic mass is 32.2. The molecule has 9 nitrogen and oxygen atoms in total. The van der Waals surface area contributed by atoms with E-state index in [9.17, 15) is 17.6 Å². The summed E-state index contributed by atoms with van der Waals surface area (Å²) in [6.07, 6.45) is 3.69. The SMILES string of the molecule is Cn1cc(C(=O)N2CCCOC3(C2)CN(S(=O)(=O)c2ccccc2F)CCO3)cn1. The van der Waals surface area contributed by atoms with E-state index < -0.39 is 21.6 Å². The number of amides is 1. The first-order valence-electron chi connectivity index (χ1n) is 9.61. The number of morpholine rings is 1. The first-order chi connectivity index (χ1) is 14.3. The molecule has 0 bridgehead atoms. The minimum atomic E-state index is -4.08. The molecule has 11 heteroatoms. The molecule has 1 aromatic carbocycles. The van der Waals surface area contributed by atoms with E-state index in [2.05, 4.69) is 5.10 Å². The fraction of sp³-hybridized carbons (Fsp3) is 0.474. The monoisotopic (exact) mass is 438 g/mol. The molecule has 2 aliphatic heterocycles. The third kappa shape index (κ3) is 3.97. The van der Waals surface area contributed by atoms with Crippen LogP contribution in [0.15, 0.2) is 41.6 Å². The Balaban J connectivity index is 1.58. The molecule has 0 aliphatic carbocycles. The highest BCUT2D eigenvalue weighted by Crippen LogP contribution is 2.29. The summed E-state index contributed by atoms with van der Waals surface area (Å²) in [5, 5.41) is 4.03. The number of halogens is 1. The molecule has 2 aromatic rings. The quantitative estimate of drug-likeness (QED) is 0.705. The third-order valence-corrected chi connectivity index (χ3v) is 7.06. The summed E-state index contributed by atoms with van der Waals surface area (Å²) in [6, 6.07) is 5.26. The first kappa shape index (κ1) is 20.9. The van der Waals surface area contributed by atoms with Crippen molar-refractivity contribution in [2.45, 2.75) is 17.1 Å². The van der Waals surface area contributed by atoms with Crippen LogP contribution < -0.4 is 0 Å². The van der Waals surface area contributed by atoms with Gasteiger partial charge in [-0.15, -0.1) is 0 Å². The molecule has 0 N–H and O–H groups in total. The van der Waals surface area contributed by atoms with E-state index in [1.807, 2.05) is 0 Å². The number of sulfonamides is 1. The number of carbonyl (C=O) groups is 1. The Morgan fingerprint density at radius 3 is 2.67 bits per heavy atom. The van der Waals surface area contributed by atoms with E-state index in [0.717, 1.165) is 10.4 Å². The van der Waals surface area contributed by atoms with Gasteiger partial charge in [-0.1, -0.05) is 12.1 Å². The van der Waals surface area contributed by atoms with Gasteiger partial charge in [0.1, 0.15) is 10.7 Å². The van der Waals surface area contributed by atoms with Crippen molar-refractivity contribution in [2.24, 2.45) is 7.05 Å². The molecular weight excluding hydrogens is 415 g/mol. The summed E-state index contributed by atoms with van der Waals surface area (Å²) in [6.45, 7) is 0.814. The highest BCUT2D eigenvalue weighted by molar-refractivity contribution is 7.89. The standard InChI is InChI=1S/C19H23FN4O5S/c1-22-12-15(11-21-22)18(25)23-7-4-9-28-19(13-23)14-24(8-10-29-19)30(26,27)17-6-3-2-5-16(17)20/h2-3,5-6,11-12H,4,7-10,13-14H2,1H3.